The molecule has 5 heteroatoms. The number of rotatable bonds is 5. The highest BCUT2D eigenvalue weighted by atomic mass is 16.4. The molecule has 2 aromatic heterocycles. The molecule has 1 N–H and O–H groups in total. The van der Waals surface area contributed by atoms with Crippen molar-refractivity contribution in [3.8, 4) is 0 Å². The number of aryl methyl sites for hydroxylation is 1. The van der Waals surface area contributed by atoms with Crippen LogP contribution in [0.4, 0.5) is 0 Å². The zero-order chi connectivity index (χ0) is 19.7. The lowest BCUT2D eigenvalue weighted by Crippen LogP contribution is -2.40. The summed E-state index contributed by atoms with van der Waals surface area (Å²) in [6, 6.07) is 9.94. The number of benzene rings is 1. The Bertz CT molecular complexity index is 984. The highest BCUT2D eigenvalue weighted by Gasteiger charge is 2.21. The topological polar surface area (TPSA) is 58.4 Å². The maximum absolute atomic E-state index is 12.5. The van der Waals surface area contributed by atoms with Gasteiger partial charge in [-0.25, -0.2) is 4.98 Å². The molecule has 0 bridgehead atoms. The van der Waals surface area contributed by atoms with Crippen molar-refractivity contribution in [3.63, 3.8) is 0 Å². The van der Waals surface area contributed by atoms with Crippen molar-refractivity contribution in [3.05, 3.63) is 41.7 Å². The third-order valence-electron chi connectivity index (χ3n) is 5.56. The maximum atomic E-state index is 12.5. The Labute approximate surface area is 166 Å². The van der Waals surface area contributed by atoms with Gasteiger partial charge < -0.3 is 14.6 Å². The molecule has 4 rings (SSSR count). The van der Waals surface area contributed by atoms with Crippen LogP contribution in [-0.4, -0.2) is 42.0 Å². The molecule has 2 atom stereocenters. The highest BCUT2D eigenvalue weighted by molar-refractivity contribution is 5.98. The number of nitrogens with zero attached hydrogens (tertiary/aromatic N) is 2. The molecule has 1 aromatic carbocycles. The smallest absolute Gasteiger partial charge is 0.287 e. The van der Waals surface area contributed by atoms with Gasteiger partial charge >= 0.3 is 0 Å². The summed E-state index contributed by atoms with van der Waals surface area (Å²) in [5.41, 5.74) is 2.56. The van der Waals surface area contributed by atoms with E-state index in [1.54, 1.807) is 6.07 Å². The van der Waals surface area contributed by atoms with Crippen LogP contribution in [0.3, 0.4) is 0 Å². The molecule has 28 heavy (non-hydrogen) atoms. The van der Waals surface area contributed by atoms with E-state index < -0.39 is 0 Å². The van der Waals surface area contributed by atoms with Gasteiger partial charge in [0.05, 0.1) is 5.52 Å². The third kappa shape index (κ3) is 4.20. The first kappa shape index (κ1) is 18.9. The summed E-state index contributed by atoms with van der Waals surface area (Å²) in [6.45, 7) is 10.7. The van der Waals surface area contributed by atoms with E-state index in [1.165, 1.54) is 19.5 Å². The Morgan fingerprint density at radius 3 is 2.75 bits per heavy atom. The molecule has 1 aliphatic rings. The van der Waals surface area contributed by atoms with Crippen LogP contribution in [0.15, 0.2) is 34.7 Å². The molecule has 148 valence electrons. The fraction of sp³-hybridized carbons (Fsp3) is 0.478. The first-order chi connectivity index (χ1) is 13.5. The van der Waals surface area contributed by atoms with Crippen LogP contribution >= 0.6 is 0 Å². The van der Waals surface area contributed by atoms with Gasteiger partial charge in [0.2, 0.25) is 5.71 Å². The van der Waals surface area contributed by atoms with E-state index in [-0.39, 0.29) is 5.91 Å². The molecule has 0 unspecified atom stereocenters. The van der Waals surface area contributed by atoms with Crippen LogP contribution in [0.5, 0.6) is 0 Å². The highest BCUT2D eigenvalue weighted by Crippen LogP contribution is 2.24. The molecular formula is C23H29N3O2. The second-order valence-electron chi connectivity index (χ2n) is 8.50. The van der Waals surface area contributed by atoms with Crippen molar-refractivity contribution >= 4 is 27.9 Å². The van der Waals surface area contributed by atoms with E-state index in [0.29, 0.717) is 18.0 Å². The fourth-order valence-electron chi connectivity index (χ4n) is 4.41. The molecular weight excluding hydrogens is 350 g/mol. The van der Waals surface area contributed by atoms with E-state index in [9.17, 15) is 4.79 Å². The Morgan fingerprint density at radius 2 is 1.96 bits per heavy atom. The van der Waals surface area contributed by atoms with Gasteiger partial charge in [-0.05, 0) is 61.9 Å². The monoisotopic (exact) mass is 379 g/mol. The first-order valence-corrected chi connectivity index (χ1v) is 10.3. The average molecular weight is 380 g/mol. The van der Waals surface area contributed by atoms with Gasteiger partial charge in [0.25, 0.3) is 5.91 Å². The van der Waals surface area contributed by atoms with Crippen LogP contribution in [-0.2, 0) is 0 Å². The van der Waals surface area contributed by atoms with Gasteiger partial charge in [0.15, 0.2) is 5.76 Å². The summed E-state index contributed by atoms with van der Waals surface area (Å²) >= 11 is 0. The van der Waals surface area contributed by atoms with E-state index in [1.807, 2.05) is 25.1 Å². The number of carbonyl (C=O) groups excluding carboxylic acids is 1. The molecule has 1 saturated heterocycles. The van der Waals surface area contributed by atoms with Crippen molar-refractivity contribution in [1.82, 2.24) is 15.2 Å². The van der Waals surface area contributed by atoms with Crippen LogP contribution in [0, 0.1) is 18.8 Å². The molecule has 5 nitrogen and oxygen atoms in total. The number of aromatic nitrogens is 1. The van der Waals surface area contributed by atoms with E-state index in [4.69, 9.17) is 4.42 Å². The Kier molecular flexibility index (Phi) is 5.36. The van der Waals surface area contributed by atoms with Gasteiger partial charge in [-0.15, -0.1) is 0 Å². The molecule has 1 amide bonds. The maximum Gasteiger partial charge on any atom is 0.287 e. The first-order valence-electron chi connectivity index (χ1n) is 10.3. The van der Waals surface area contributed by atoms with Crippen molar-refractivity contribution < 1.29 is 9.21 Å². The van der Waals surface area contributed by atoms with Crippen molar-refractivity contribution in [2.24, 2.45) is 11.8 Å². The summed E-state index contributed by atoms with van der Waals surface area (Å²) in [6.07, 6.45) is 2.27. The number of likely N-dealkylation sites (tertiary alicyclic amines) is 1. The number of fused-ring (bicyclic) bond motifs is 2. The van der Waals surface area contributed by atoms with Crippen molar-refractivity contribution in [2.45, 2.75) is 33.6 Å². The second kappa shape index (κ2) is 7.92. The second-order valence-corrected chi connectivity index (χ2v) is 8.50. The van der Waals surface area contributed by atoms with Crippen LogP contribution in [0.25, 0.3) is 22.0 Å². The molecule has 0 aliphatic carbocycles. The fourth-order valence-corrected chi connectivity index (χ4v) is 4.41. The average Bonchev–Trinajstić information content (AvgIpc) is 3.05. The third-order valence-corrected chi connectivity index (χ3v) is 5.56. The minimum Gasteiger partial charge on any atom is -0.433 e. The van der Waals surface area contributed by atoms with E-state index in [2.05, 4.69) is 35.1 Å². The molecule has 1 aliphatic heterocycles. The zero-order valence-electron chi connectivity index (χ0n) is 17.0. The Morgan fingerprint density at radius 1 is 1.18 bits per heavy atom. The molecule has 0 radical (unpaired) electrons. The largest absolute Gasteiger partial charge is 0.433 e. The standard InChI is InChI=1S/C23H29N3O2/c1-15-5-6-18-11-19-12-21(28-23(19)25-20(18)10-15)22(27)24-7-4-8-26-13-16(2)9-17(3)14-26/h5-6,10-12,16-17H,4,7-9,13-14H2,1-3H3,(H,24,27)/t16-,17-/m1/s1. The summed E-state index contributed by atoms with van der Waals surface area (Å²) in [5, 5.41) is 4.90. The van der Waals surface area contributed by atoms with Gasteiger partial charge in [-0.1, -0.05) is 26.0 Å². The van der Waals surface area contributed by atoms with Crippen molar-refractivity contribution in [1.29, 1.82) is 0 Å². The Balaban J connectivity index is 1.35. The number of hydrogen-bond donors (Lipinski definition) is 1. The van der Waals surface area contributed by atoms with Gasteiger partial charge in [-0.2, -0.15) is 0 Å². The molecule has 1 fully saturated rings. The van der Waals surface area contributed by atoms with E-state index >= 15 is 0 Å². The molecule has 3 heterocycles. The molecule has 0 saturated carbocycles. The summed E-state index contributed by atoms with van der Waals surface area (Å²) in [4.78, 5) is 19.5. The number of piperidine rings is 1. The normalized spacial score (nSPS) is 20.7. The SMILES string of the molecule is Cc1ccc2cc3cc(C(=O)NCCCN4C[C@H](C)C[C@@H](C)C4)oc3nc2c1. The predicted octanol–water partition coefficient (Wildman–Crippen LogP) is 4.39. The van der Waals surface area contributed by atoms with Crippen LogP contribution in [0.1, 0.15) is 42.8 Å². The zero-order valence-corrected chi connectivity index (χ0v) is 17.0. The number of pyridine rings is 1. The number of carbonyl (C=O) groups is 1. The van der Waals surface area contributed by atoms with Crippen LogP contribution < -0.4 is 5.32 Å². The molecule has 0 spiro atoms. The number of hydrogen-bond acceptors (Lipinski definition) is 4. The van der Waals surface area contributed by atoms with Crippen LogP contribution in [0.2, 0.25) is 0 Å². The lowest BCUT2D eigenvalue weighted by molar-refractivity contribution is 0.0921. The number of amides is 1. The van der Waals surface area contributed by atoms with Gasteiger partial charge in [0.1, 0.15) is 0 Å². The summed E-state index contributed by atoms with van der Waals surface area (Å²) in [5.74, 6) is 1.69. The van der Waals surface area contributed by atoms with Gasteiger partial charge in [-0.3, -0.25) is 4.79 Å². The van der Waals surface area contributed by atoms with Crippen molar-refractivity contribution in [2.75, 3.05) is 26.2 Å². The minimum absolute atomic E-state index is 0.168. The number of nitrogens with one attached hydrogen (secondary N) is 1. The quantitative estimate of drug-likeness (QED) is 0.668. The van der Waals surface area contributed by atoms with Gasteiger partial charge in [0, 0.05) is 30.4 Å². The summed E-state index contributed by atoms with van der Waals surface area (Å²) < 4.78 is 5.72. The summed E-state index contributed by atoms with van der Waals surface area (Å²) in [7, 11) is 0. The molecule has 3 aromatic rings. The predicted molar refractivity (Wildman–Crippen MR) is 113 cm³/mol. The Hall–Kier alpha value is -2.40. The lowest BCUT2D eigenvalue weighted by atomic mass is 9.92. The lowest BCUT2D eigenvalue weighted by Gasteiger charge is -2.34. The van der Waals surface area contributed by atoms with E-state index in [0.717, 1.165) is 46.7 Å². The minimum atomic E-state index is -0.168. The number of furan rings is 1.